The van der Waals surface area contributed by atoms with Gasteiger partial charge in [0.25, 0.3) is 0 Å². The van der Waals surface area contributed by atoms with Crippen molar-refractivity contribution in [2.24, 2.45) is 11.8 Å². The molecule has 0 aromatic heterocycles. The standard InChI is InChI=1S/C13H27NO2S/c1-11(2)14-10-13-7-5-4-6-12(13)8-9-17(3,15)16/h11-14H,4-10H2,1-3H3. The van der Waals surface area contributed by atoms with Crippen molar-refractivity contribution in [2.75, 3.05) is 18.6 Å². The van der Waals surface area contributed by atoms with Gasteiger partial charge in [-0.1, -0.05) is 33.1 Å². The smallest absolute Gasteiger partial charge is 0.147 e. The first kappa shape index (κ1) is 15.0. The van der Waals surface area contributed by atoms with E-state index in [-0.39, 0.29) is 0 Å². The van der Waals surface area contributed by atoms with Gasteiger partial charge in [-0.2, -0.15) is 0 Å². The summed E-state index contributed by atoms with van der Waals surface area (Å²) in [7, 11) is -2.80. The van der Waals surface area contributed by atoms with E-state index in [4.69, 9.17) is 0 Å². The zero-order valence-electron chi connectivity index (χ0n) is 11.4. The Hall–Kier alpha value is -0.0900. The van der Waals surface area contributed by atoms with Gasteiger partial charge in [0.1, 0.15) is 9.84 Å². The molecule has 0 saturated heterocycles. The second-order valence-electron chi connectivity index (χ2n) is 5.79. The summed E-state index contributed by atoms with van der Waals surface area (Å²) >= 11 is 0. The van der Waals surface area contributed by atoms with Gasteiger partial charge in [-0.15, -0.1) is 0 Å². The van der Waals surface area contributed by atoms with Crippen molar-refractivity contribution in [3.63, 3.8) is 0 Å². The van der Waals surface area contributed by atoms with Gasteiger partial charge in [-0.05, 0) is 31.2 Å². The van der Waals surface area contributed by atoms with Crippen LogP contribution < -0.4 is 5.32 Å². The van der Waals surface area contributed by atoms with Gasteiger partial charge < -0.3 is 5.32 Å². The summed E-state index contributed by atoms with van der Waals surface area (Å²) in [6.45, 7) is 5.37. The van der Waals surface area contributed by atoms with Crippen molar-refractivity contribution in [1.82, 2.24) is 5.32 Å². The Bertz CT molecular complexity index is 311. The van der Waals surface area contributed by atoms with Crippen molar-refractivity contribution in [2.45, 2.75) is 52.0 Å². The molecule has 1 fully saturated rings. The predicted octanol–water partition coefficient (Wildman–Crippen LogP) is 2.23. The molecule has 1 rings (SSSR count). The monoisotopic (exact) mass is 261 g/mol. The molecule has 0 aromatic rings. The van der Waals surface area contributed by atoms with Crippen LogP contribution in [0.4, 0.5) is 0 Å². The molecule has 0 aromatic carbocycles. The summed E-state index contributed by atoms with van der Waals surface area (Å²) in [6, 6.07) is 0.521. The molecule has 17 heavy (non-hydrogen) atoms. The Morgan fingerprint density at radius 3 is 2.29 bits per heavy atom. The molecule has 4 heteroatoms. The van der Waals surface area contributed by atoms with Crippen LogP contribution in [-0.4, -0.2) is 33.0 Å². The van der Waals surface area contributed by atoms with E-state index >= 15 is 0 Å². The Labute approximate surface area is 106 Å². The minimum atomic E-state index is -2.80. The van der Waals surface area contributed by atoms with Crippen LogP contribution in [0.3, 0.4) is 0 Å². The van der Waals surface area contributed by atoms with Crippen LogP contribution in [0, 0.1) is 11.8 Å². The maximum absolute atomic E-state index is 11.2. The molecule has 0 heterocycles. The molecule has 0 aliphatic heterocycles. The molecule has 2 atom stereocenters. The number of hydrogen-bond donors (Lipinski definition) is 1. The molecule has 1 aliphatic rings. The van der Waals surface area contributed by atoms with E-state index in [9.17, 15) is 8.42 Å². The lowest BCUT2D eigenvalue weighted by atomic mass is 9.78. The zero-order valence-corrected chi connectivity index (χ0v) is 12.2. The van der Waals surface area contributed by atoms with E-state index in [1.807, 2.05) is 0 Å². The largest absolute Gasteiger partial charge is 0.314 e. The van der Waals surface area contributed by atoms with Crippen LogP contribution in [0.5, 0.6) is 0 Å². The van der Waals surface area contributed by atoms with E-state index in [0.29, 0.717) is 23.6 Å². The quantitative estimate of drug-likeness (QED) is 0.797. The first-order valence-corrected chi connectivity index (χ1v) is 8.85. The normalized spacial score (nSPS) is 26.4. The molecule has 1 aliphatic carbocycles. The summed E-state index contributed by atoms with van der Waals surface area (Å²) in [4.78, 5) is 0. The van der Waals surface area contributed by atoms with Crippen LogP contribution in [0.1, 0.15) is 46.0 Å². The molecule has 2 unspecified atom stereocenters. The summed E-state index contributed by atoms with van der Waals surface area (Å²) in [5, 5.41) is 3.49. The fraction of sp³-hybridized carbons (Fsp3) is 1.00. The molecule has 1 N–H and O–H groups in total. The van der Waals surface area contributed by atoms with Crippen molar-refractivity contribution in [3.05, 3.63) is 0 Å². The molecular formula is C13H27NO2S. The highest BCUT2D eigenvalue weighted by molar-refractivity contribution is 7.90. The Morgan fingerprint density at radius 2 is 1.76 bits per heavy atom. The van der Waals surface area contributed by atoms with E-state index in [1.54, 1.807) is 0 Å². The summed E-state index contributed by atoms with van der Waals surface area (Å²) in [6.07, 6.45) is 7.24. The van der Waals surface area contributed by atoms with Crippen LogP contribution in [0.15, 0.2) is 0 Å². The average Bonchev–Trinajstić information content (AvgIpc) is 2.23. The summed E-state index contributed by atoms with van der Waals surface area (Å²) < 4.78 is 22.5. The van der Waals surface area contributed by atoms with Crippen molar-refractivity contribution >= 4 is 9.84 Å². The molecule has 0 spiro atoms. The third-order valence-corrected chi connectivity index (χ3v) is 4.69. The number of nitrogens with one attached hydrogen (secondary N) is 1. The topological polar surface area (TPSA) is 46.2 Å². The maximum Gasteiger partial charge on any atom is 0.147 e. The number of rotatable bonds is 6. The molecule has 0 amide bonds. The highest BCUT2D eigenvalue weighted by Crippen LogP contribution is 2.32. The predicted molar refractivity (Wildman–Crippen MR) is 72.9 cm³/mol. The molecule has 102 valence electrons. The second kappa shape index (κ2) is 6.74. The lowest BCUT2D eigenvalue weighted by molar-refractivity contribution is 0.221. The van der Waals surface area contributed by atoms with Gasteiger partial charge in [-0.25, -0.2) is 8.42 Å². The van der Waals surface area contributed by atoms with Gasteiger partial charge in [0.15, 0.2) is 0 Å². The van der Waals surface area contributed by atoms with Gasteiger partial charge in [0.2, 0.25) is 0 Å². The summed E-state index contributed by atoms with van der Waals surface area (Å²) in [5.74, 6) is 1.63. The minimum Gasteiger partial charge on any atom is -0.314 e. The van der Waals surface area contributed by atoms with Gasteiger partial charge in [0.05, 0.1) is 5.75 Å². The fourth-order valence-corrected chi connectivity index (χ4v) is 3.42. The lowest BCUT2D eigenvalue weighted by Crippen LogP contribution is -2.34. The van der Waals surface area contributed by atoms with Gasteiger partial charge in [0, 0.05) is 12.3 Å². The zero-order chi connectivity index (χ0) is 12.9. The Balaban J connectivity index is 2.42. The maximum atomic E-state index is 11.2. The first-order valence-electron chi connectivity index (χ1n) is 6.79. The molecular weight excluding hydrogens is 234 g/mol. The van der Waals surface area contributed by atoms with E-state index in [1.165, 1.54) is 31.9 Å². The third-order valence-electron chi connectivity index (χ3n) is 3.71. The van der Waals surface area contributed by atoms with Crippen LogP contribution in [-0.2, 0) is 9.84 Å². The van der Waals surface area contributed by atoms with Gasteiger partial charge in [-0.3, -0.25) is 0 Å². The van der Waals surface area contributed by atoms with Crippen LogP contribution >= 0.6 is 0 Å². The fourth-order valence-electron chi connectivity index (χ4n) is 2.69. The number of hydrogen-bond acceptors (Lipinski definition) is 3. The van der Waals surface area contributed by atoms with Crippen molar-refractivity contribution < 1.29 is 8.42 Å². The average molecular weight is 261 g/mol. The Kier molecular flexibility index (Phi) is 5.93. The first-order chi connectivity index (χ1) is 7.88. The molecule has 3 nitrogen and oxygen atoms in total. The highest BCUT2D eigenvalue weighted by atomic mass is 32.2. The van der Waals surface area contributed by atoms with E-state index < -0.39 is 9.84 Å². The summed E-state index contributed by atoms with van der Waals surface area (Å²) in [5.41, 5.74) is 0. The minimum absolute atomic E-state index is 0.357. The third kappa shape index (κ3) is 6.41. The highest BCUT2D eigenvalue weighted by Gasteiger charge is 2.25. The van der Waals surface area contributed by atoms with Crippen LogP contribution in [0.25, 0.3) is 0 Å². The van der Waals surface area contributed by atoms with E-state index in [0.717, 1.165) is 13.0 Å². The van der Waals surface area contributed by atoms with Crippen LogP contribution in [0.2, 0.25) is 0 Å². The van der Waals surface area contributed by atoms with Crippen molar-refractivity contribution in [3.8, 4) is 0 Å². The van der Waals surface area contributed by atoms with Gasteiger partial charge >= 0.3 is 0 Å². The SMILES string of the molecule is CC(C)NCC1CCCCC1CCS(C)(=O)=O. The van der Waals surface area contributed by atoms with E-state index in [2.05, 4.69) is 19.2 Å². The molecule has 0 bridgehead atoms. The number of sulfone groups is 1. The molecule has 0 radical (unpaired) electrons. The van der Waals surface area contributed by atoms with Crippen molar-refractivity contribution in [1.29, 1.82) is 0 Å². The molecule has 1 saturated carbocycles. The Morgan fingerprint density at radius 1 is 1.18 bits per heavy atom. The second-order valence-corrected chi connectivity index (χ2v) is 8.05. The lowest BCUT2D eigenvalue weighted by Gasteiger charge is -2.32.